The van der Waals surface area contributed by atoms with Crippen LogP contribution >= 0.6 is 79.6 Å². The van der Waals surface area contributed by atoms with Gasteiger partial charge in [0.25, 0.3) is 0 Å². The van der Waals surface area contributed by atoms with Gasteiger partial charge in [0.05, 0.1) is 14.5 Å². The Bertz CT molecular complexity index is 641. The van der Waals surface area contributed by atoms with E-state index >= 15 is 0 Å². The molecule has 0 aliphatic heterocycles. The second-order valence-electron chi connectivity index (χ2n) is 3.75. The zero-order chi connectivity index (χ0) is 14.9. The summed E-state index contributed by atoms with van der Waals surface area (Å²) in [4.78, 5) is 12.2. The van der Waals surface area contributed by atoms with Crippen LogP contribution in [0.5, 0.6) is 5.75 Å². The van der Waals surface area contributed by atoms with E-state index in [1.165, 1.54) is 0 Å². The number of benzene rings is 2. The van der Waals surface area contributed by atoms with E-state index in [0.29, 0.717) is 20.3 Å². The van der Waals surface area contributed by atoms with Gasteiger partial charge in [0.2, 0.25) is 0 Å². The average Bonchev–Trinajstić information content (AvgIpc) is 2.32. The first-order chi connectivity index (χ1) is 9.36. The summed E-state index contributed by atoms with van der Waals surface area (Å²) in [5.74, 6) is 0.00465. The summed E-state index contributed by atoms with van der Waals surface area (Å²) in [6, 6.07) is 8.87. The molecule has 2 aromatic carbocycles. The lowest BCUT2D eigenvalue weighted by Gasteiger charge is -2.09. The van der Waals surface area contributed by atoms with Crippen LogP contribution in [0.1, 0.15) is 10.4 Å². The van der Waals surface area contributed by atoms with Crippen molar-refractivity contribution in [3.63, 3.8) is 0 Å². The molecule has 0 aliphatic carbocycles. The molecule has 0 atom stereocenters. The van der Waals surface area contributed by atoms with Crippen LogP contribution < -0.4 is 4.74 Å². The number of esters is 1. The minimum Gasteiger partial charge on any atom is -0.421 e. The summed E-state index contributed by atoms with van der Waals surface area (Å²) in [5, 5.41) is 0. The lowest BCUT2D eigenvalue weighted by molar-refractivity contribution is 0.0732. The smallest absolute Gasteiger partial charge is 0.343 e. The molecule has 0 aliphatic rings. The summed E-state index contributed by atoms with van der Waals surface area (Å²) < 4.78 is 9.27. The van der Waals surface area contributed by atoms with E-state index in [2.05, 4.69) is 79.6 Å². The molecule has 104 valence electrons. The van der Waals surface area contributed by atoms with Crippen molar-refractivity contribution in [3.8, 4) is 5.75 Å². The van der Waals surface area contributed by atoms with Crippen LogP contribution in [-0.2, 0) is 0 Å². The van der Waals surface area contributed by atoms with Crippen molar-refractivity contribution >= 4 is 85.6 Å². The molecule has 7 heteroatoms. The van der Waals surface area contributed by atoms with Crippen LogP contribution in [0.2, 0.25) is 0 Å². The number of rotatable bonds is 2. The molecule has 0 aromatic heterocycles. The van der Waals surface area contributed by atoms with Gasteiger partial charge < -0.3 is 4.74 Å². The van der Waals surface area contributed by atoms with Crippen molar-refractivity contribution in [3.05, 3.63) is 58.3 Å². The Balaban J connectivity index is 2.32. The van der Waals surface area contributed by atoms with Crippen LogP contribution in [0, 0.1) is 0 Å². The van der Waals surface area contributed by atoms with Crippen LogP contribution in [-0.4, -0.2) is 5.97 Å². The fourth-order valence-corrected chi connectivity index (χ4v) is 5.16. The average molecular weight is 593 g/mol. The normalized spacial score (nSPS) is 10.4. The van der Waals surface area contributed by atoms with E-state index < -0.39 is 5.97 Å². The number of halogens is 5. The van der Waals surface area contributed by atoms with Gasteiger partial charge in [0.1, 0.15) is 0 Å². The monoisotopic (exact) mass is 588 g/mol. The molecule has 0 radical (unpaired) electrons. The van der Waals surface area contributed by atoms with Crippen molar-refractivity contribution < 1.29 is 9.53 Å². The van der Waals surface area contributed by atoms with E-state index in [9.17, 15) is 4.79 Å². The molecule has 0 spiro atoms. The number of hydrogen-bond acceptors (Lipinski definition) is 2. The highest BCUT2D eigenvalue weighted by atomic mass is 79.9. The van der Waals surface area contributed by atoms with Crippen LogP contribution in [0.15, 0.2) is 52.7 Å². The molecule has 0 unspecified atom stereocenters. The van der Waals surface area contributed by atoms with Crippen LogP contribution in [0.4, 0.5) is 0 Å². The predicted molar refractivity (Wildman–Crippen MR) is 96.3 cm³/mol. The highest BCUT2D eigenvalue weighted by Crippen LogP contribution is 2.37. The third kappa shape index (κ3) is 4.16. The van der Waals surface area contributed by atoms with Gasteiger partial charge in [-0.25, -0.2) is 4.79 Å². The van der Waals surface area contributed by atoms with E-state index in [4.69, 9.17) is 4.74 Å². The first-order valence-corrected chi connectivity index (χ1v) is 9.16. The Kier molecular flexibility index (Phi) is 5.88. The van der Waals surface area contributed by atoms with Gasteiger partial charge in [-0.15, -0.1) is 0 Å². The quantitative estimate of drug-likeness (QED) is 0.286. The van der Waals surface area contributed by atoms with Gasteiger partial charge in [-0.1, -0.05) is 47.8 Å². The highest BCUT2D eigenvalue weighted by Gasteiger charge is 2.15. The topological polar surface area (TPSA) is 26.3 Å². The standard InChI is InChI=1S/C13H5Br5O2/c14-7-1-6(2-8(15)3-7)13(19)20-12-10(17)4-9(16)5-11(12)18/h1-5H. The van der Waals surface area contributed by atoms with Crippen LogP contribution in [0.3, 0.4) is 0 Å². The number of carbonyl (C=O) groups is 1. The van der Waals surface area contributed by atoms with E-state index in [1.807, 2.05) is 18.2 Å². The van der Waals surface area contributed by atoms with E-state index in [1.54, 1.807) is 12.1 Å². The highest BCUT2D eigenvalue weighted by molar-refractivity contribution is 9.12. The Hall–Kier alpha value is 0.310. The fourth-order valence-electron chi connectivity index (χ4n) is 1.45. The zero-order valence-electron chi connectivity index (χ0n) is 9.59. The lowest BCUT2D eigenvalue weighted by atomic mass is 10.2. The van der Waals surface area contributed by atoms with E-state index in [0.717, 1.165) is 13.4 Å². The lowest BCUT2D eigenvalue weighted by Crippen LogP contribution is -2.09. The largest absolute Gasteiger partial charge is 0.421 e. The van der Waals surface area contributed by atoms with Gasteiger partial charge in [0, 0.05) is 13.4 Å². The molecule has 0 N–H and O–H groups in total. The summed E-state index contributed by atoms with van der Waals surface area (Å²) in [6.45, 7) is 0. The minimum atomic E-state index is -0.435. The predicted octanol–water partition coefficient (Wildman–Crippen LogP) is 6.72. The van der Waals surface area contributed by atoms with E-state index in [-0.39, 0.29) is 0 Å². The molecule has 2 rings (SSSR count). The maximum atomic E-state index is 12.2. The van der Waals surface area contributed by atoms with Crippen LogP contribution in [0.25, 0.3) is 0 Å². The SMILES string of the molecule is O=C(Oc1c(Br)cc(Br)cc1Br)c1cc(Br)cc(Br)c1. The Morgan fingerprint density at radius 3 is 1.70 bits per heavy atom. The molecule has 2 aromatic rings. The molecule has 0 fully saturated rings. The Morgan fingerprint density at radius 1 is 0.750 bits per heavy atom. The summed E-state index contributed by atoms with van der Waals surface area (Å²) in [5.41, 5.74) is 0.452. The van der Waals surface area contributed by atoms with Gasteiger partial charge in [-0.2, -0.15) is 0 Å². The molecular formula is C13H5Br5O2. The number of hydrogen-bond donors (Lipinski definition) is 0. The Labute approximate surface area is 157 Å². The zero-order valence-corrected chi connectivity index (χ0v) is 17.5. The second kappa shape index (κ2) is 7.05. The summed E-state index contributed by atoms with van der Waals surface area (Å²) in [7, 11) is 0. The molecular weight excluding hydrogens is 588 g/mol. The van der Waals surface area contributed by atoms with Crippen molar-refractivity contribution in [2.45, 2.75) is 0 Å². The number of ether oxygens (including phenoxy) is 1. The summed E-state index contributed by atoms with van der Waals surface area (Å²) >= 11 is 16.8. The van der Waals surface area contributed by atoms with Crippen molar-refractivity contribution in [1.29, 1.82) is 0 Å². The second-order valence-corrected chi connectivity index (χ2v) is 8.20. The molecule has 0 saturated heterocycles. The maximum absolute atomic E-state index is 12.2. The fraction of sp³-hybridized carbons (Fsp3) is 0. The first kappa shape index (κ1) is 16.7. The number of carbonyl (C=O) groups excluding carboxylic acids is 1. The first-order valence-electron chi connectivity index (χ1n) is 5.19. The molecule has 0 saturated carbocycles. The third-order valence-corrected chi connectivity index (χ3v) is 4.81. The van der Waals surface area contributed by atoms with Crippen molar-refractivity contribution in [2.75, 3.05) is 0 Å². The van der Waals surface area contributed by atoms with Crippen molar-refractivity contribution in [2.24, 2.45) is 0 Å². The van der Waals surface area contributed by atoms with Gasteiger partial charge in [0.15, 0.2) is 5.75 Å². The maximum Gasteiger partial charge on any atom is 0.343 e. The molecule has 2 nitrogen and oxygen atoms in total. The van der Waals surface area contributed by atoms with Gasteiger partial charge in [-0.3, -0.25) is 0 Å². The molecule has 0 amide bonds. The Morgan fingerprint density at radius 2 is 1.20 bits per heavy atom. The molecule has 20 heavy (non-hydrogen) atoms. The van der Waals surface area contributed by atoms with Gasteiger partial charge in [-0.05, 0) is 62.2 Å². The molecule has 0 bridgehead atoms. The van der Waals surface area contributed by atoms with Gasteiger partial charge >= 0.3 is 5.97 Å². The molecule has 0 heterocycles. The summed E-state index contributed by atoms with van der Waals surface area (Å²) in [6.07, 6.45) is 0. The third-order valence-electron chi connectivity index (χ3n) is 2.26. The minimum absolute atomic E-state index is 0.435. The van der Waals surface area contributed by atoms with Crippen molar-refractivity contribution in [1.82, 2.24) is 0 Å².